The molecule has 0 radical (unpaired) electrons. The lowest BCUT2D eigenvalue weighted by Crippen LogP contribution is -2.09. The Kier molecular flexibility index (Phi) is 4.13. The molecule has 2 rings (SSSR count). The Labute approximate surface area is 118 Å². The molecule has 1 unspecified atom stereocenters. The number of rotatable bonds is 4. The second-order valence-corrected chi connectivity index (χ2v) is 5.58. The predicted octanol–water partition coefficient (Wildman–Crippen LogP) is 3.22. The van der Waals surface area contributed by atoms with E-state index in [1.165, 1.54) is 0 Å². The van der Waals surface area contributed by atoms with Crippen LogP contribution in [0.25, 0.3) is 0 Å². The molecule has 0 aliphatic rings. The van der Waals surface area contributed by atoms with Gasteiger partial charge in [0.15, 0.2) is 0 Å². The van der Waals surface area contributed by atoms with Gasteiger partial charge in [0.05, 0.1) is 10.5 Å². The quantitative estimate of drug-likeness (QED) is 0.902. The molecule has 0 aliphatic heterocycles. The van der Waals surface area contributed by atoms with Crippen LogP contribution >= 0.6 is 27.3 Å². The van der Waals surface area contributed by atoms with Crippen molar-refractivity contribution in [1.82, 2.24) is 15.0 Å². The standard InChI is InChI=1S/C11H14BrN5S/c1-6-5-18-10(15-6)7(2)16-9-8(12)4-14-11(13-3)17-9/h4-5,7H,1-3H3,(H2,13,14,16,17). The largest absolute Gasteiger partial charge is 0.360 e. The van der Waals surface area contributed by atoms with Crippen molar-refractivity contribution in [3.63, 3.8) is 0 Å². The Morgan fingerprint density at radius 1 is 1.39 bits per heavy atom. The van der Waals surface area contributed by atoms with E-state index in [2.05, 4.69) is 48.4 Å². The van der Waals surface area contributed by atoms with Crippen molar-refractivity contribution >= 4 is 39.0 Å². The highest BCUT2D eigenvalue weighted by Gasteiger charge is 2.12. The topological polar surface area (TPSA) is 62.7 Å². The van der Waals surface area contributed by atoms with Crippen LogP contribution in [0.4, 0.5) is 11.8 Å². The number of anilines is 2. The van der Waals surface area contributed by atoms with Crippen molar-refractivity contribution < 1.29 is 0 Å². The fraction of sp³-hybridized carbons (Fsp3) is 0.364. The van der Waals surface area contributed by atoms with Crippen LogP contribution in [-0.2, 0) is 0 Å². The number of nitrogens with one attached hydrogen (secondary N) is 2. The number of aromatic nitrogens is 3. The van der Waals surface area contributed by atoms with Crippen molar-refractivity contribution in [3.8, 4) is 0 Å². The van der Waals surface area contributed by atoms with Crippen molar-refractivity contribution in [2.45, 2.75) is 19.9 Å². The molecule has 2 aromatic rings. The van der Waals surface area contributed by atoms with Gasteiger partial charge < -0.3 is 10.6 Å². The summed E-state index contributed by atoms with van der Waals surface area (Å²) in [6, 6.07) is 0.111. The summed E-state index contributed by atoms with van der Waals surface area (Å²) in [6.45, 7) is 4.05. The van der Waals surface area contributed by atoms with Crippen LogP contribution in [0.2, 0.25) is 0 Å². The van der Waals surface area contributed by atoms with E-state index >= 15 is 0 Å². The molecule has 18 heavy (non-hydrogen) atoms. The van der Waals surface area contributed by atoms with Crippen molar-refractivity contribution in [1.29, 1.82) is 0 Å². The van der Waals surface area contributed by atoms with Gasteiger partial charge in [-0.05, 0) is 29.8 Å². The van der Waals surface area contributed by atoms with E-state index < -0.39 is 0 Å². The van der Waals surface area contributed by atoms with Crippen LogP contribution in [0.5, 0.6) is 0 Å². The van der Waals surface area contributed by atoms with Crippen LogP contribution in [-0.4, -0.2) is 22.0 Å². The van der Waals surface area contributed by atoms with Gasteiger partial charge in [-0.2, -0.15) is 4.98 Å². The summed E-state index contributed by atoms with van der Waals surface area (Å²) < 4.78 is 0.835. The third-order valence-electron chi connectivity index (χ3n) is 2.33. The molecule has 2 heterocycles. The van der Waals surface area contributed by atoms with E-state index in [0.29, 0.717) is 5.95 Å². The first-order valence-electron chi connectivity index (χ1n) is 5.49. The average Bonchev–Trinajstić information content (AvgIpc) is 2.79. The molecule has 0 bridgehead atoms. The van der Waals surface area contributed by atoms with Crippen molar-refractivity contribution in [3.05, 3.63) is 26.8 Å². The lowest BCUT2D eigenvalue weighted by Gasteiger charge is -2.13. The SMILES string of the molecule is CNc1ncc(Br)c(NC(C)c2nc(C)cs2)n1. The van der Waals surface area contributed by atoms with E-state index in [4.69, 9.17) is 0 Å². The highest BCUT2D eigenvalue weighted by atomic mass is 79.9. The third-order valence-corrected chi connectivity index (χ3v) is 4.05. The Hall–Kier alpha value is -1.21. The van der Waals surface area contributed by atoms with Gasteiger partial charge in [0, 0.05) is 24.3 Å². The molecular weight excluding hydrogens is 314 g/mol. The van der Waals surface area contributed by atoms with E-state index in [1.807, 2.05) is 12.3 Å². The maximum Gasteiger partial charge on any atom is 0.224 e. The summed E-state index contributed by atoms with van der Waals surface area (Å²) in [5, 5.41) is 9.33. The van der Waals surface area contributed by atoms with Gasteiger partial charge >= 0.3 is 0 Å². The summed E-state index contributed by atoms with van der Waals surface area (Å²) in [7, 11) is 1.79. The van der Waals surface area contributed by atoms with Gasteiger partial charge in [-0.15, -0.1) is 11.3 Å². The minimum absolute atomic E-state index is 0.111. The fourth-order valence-corrected chi connectivity index (χ4v) is 2.54. The lowest BCUT2D eigenvalue weighted by atomic mass is 10.3. The molecule has 1 atom stereocenters. The molecule has 0 saturated carbocycles. The summed E-state index contributed by atoms with van der Waals surface area (Å²) in [6.07, 6.45) is 1.72. The smallest absolute Gasteiger partial charge is 0.224 e. The number of halogens is 1. The van der Waals surface area contributed by atoms with Gasteiger partial charge in [0.2, 0.25) is 5.95 Å². The Balaban J connectivity index is 2.18. The lowest BCUT2D eigenvalue weighted by molar-refractivity contribution is 0.852. The molecule has 2 aromatic heterocycles. The van der Waals surface area contributed by atoms with Gasteiger partial charge in [0.25, 0.3) is 0 Å². The molecule has 2 N–H and O–H groups in total. The van der Waals surface area contributed by atoms with E-state index in [-0.39, 0.29) is 6.04 Å². The van der Waals surface area contributed by atoms with Gasteiger partial charge in [-0.3, -0.25) is 0 Å². The molecule has 0 amide bonds. The molecule has 0 fully saturated rings. The number of hydrogen-bond donors (Lipinski definition) is 2. The monoisotopic (exact) mass is 327 g/mol. The Morgan fingerprint density at radius 3 is 2.78 bits per heavy atom. The second kappa shape index (κ2) is 5.62. The zero-order chi connectivity index (χ0) is 13.1. The number of nitrogens with zero attached hydrogens (tertiary/aromatic N) is 3. The summed E-state index contributed by atoms with van der Waals surface area (Å²) in [4.78, 5) is 12.9. The molecule has 7 heteroatoms. The van der Waals surface area contributed by atoms with Gasteiger partial charge in [0.1, 0.15) is 10.8 Å². The predicted molar refractivity (Wildman–Crippen MR) is 78.2 cm³/mol. The minimum Gasteiger partial charge on any atom is -0.360 e. The van der Waals surface area contributed by atoms with Gasteiger partial charge in [-0.1, -0.05) is 0 Å². The average molecular weight is 328 g/mol. The number of thiazole rings is 1. The number of aryl methyl sites for hydroxylation is 1. The molecule has 0 aliphatic carbocycles. The summed E-state index contributed by atoms with van der Waals surface area (Å²) >= 11 is 5.08. The minimum atomic E-state index is 0.111. The zero-order valence-electron chi connectivity index (χ0n) is 10.4. The maximum atomic E-state index is 4.46. The normalized spacial score (nSPS) is 12.2. The fourth-order valence-electron chi connectivity index (χ4n) is 1.43. The van der Waals surface area contributed by atoms with Crippen molar-refractivity contribution in [2.24, 2.45) is 0 Å². The molecule has 5 nitrogen and oxygen atoms in total. The first kappa shape index (κ1) is 13.2. The number of hydrogen-bond acceptors (Lipinski definition) is 6. The van der Waals surface area contributed by atoms with Crippen LogP contribution in [0.1, 0.15) is 23.7 Å². The highest BCUT2D eigenvalue weighted by Crippen LogP contribution is 2.26. The van der Waals surface area contributed by atoms with Crippen molar-refractivity contribution in [2.75, 3.05) is 17.7 Å². The molecular formula is C11H14BrN5S. The maximum absolute atomic E-state index is 4.46. The van der Waals surface area contributed by atoms with E-state index in [9.17, 15) is 0 Å². The van der Waals surface area contributed by atoms with E-state index in [0.717, 1.165) is 21.0 Å². The molecule has 0 saturated heterocycles. The zero-order valence-corrected chi connectivity index (χ0v) is 12.8. The third kappa shape index (κ3) is 2.97. The van der Waals surface area contributed by atoms with Crippen LogP contribution < -0.4 is 10.6 Å². The summed E-state index contributed by atoms with van der Waals surface area (Å²) in [5.74, 6) is 1.35. The molecule has 0 aromatic carbocycles. The van der Waals surface area contributed by atoms with Crippen LogP contribution in [0.15, 0.2) is 16.0 Å². The second-order valence-electron chi connectivity index (χ2n) is 3.83. The first-order chi connectivity index (χ1) is 8.60. The molecule has 96 valence electrons. The Bertz CT molecular complexity index is 542. The van der Waals surface area contributed by atoms with Gasteiger partial charge in [-0.25, -0.2) is 9.97 Å². The first-order valence-corrected chi connectivity index (χ1v) is 7.16. The van der Waals surface area contributed by atoms with E-state index in [1.54, 1.807) is 24.6 Å². The summed E-state index contributed by atoms with van der Waals surface area (Å²) in [5.41, 5.74) is 1.04. The Morgan fingerprint density at radius 2 is 2.17 bits per heavy atom. The van der Waals surface area contributed by atoms with Crippen LogP contribution in [0, 0.1) is 6.92 Å². The highest BCUT2D eigenvalue weighted by molar-refractivity contribution is 9.10. The molecule has 0 spiro atoms. The van der Waals surface area contributed by atoms with Crippen LogP contribution in [0.3, 0.4) is 0 Å².